The van der Waals surface area contributed by atoms with Gasteiger partial charge in [-0.05, 0) is 54.4 Å². The molecule has 2 N–H and O–H groups in total. The van der Waals surface area contributed by atoms with E-state index in [1.54, 1.807) is 30.6 Å². The number of halogens is 2. The maximum atomic E-state index is 14.0. The predicted octanol–water partition coefficient (Wildman–Crippen LogP) is 4.71. The van der Waals surface area contributed by atoms with Crippen molar-refractivity contribution >= 4 is 34.8 Å². The molecule has 3 aromatic rings. The number of pyridine rings is 1. The highest BCUT2D eigenvalue weighted by Gasteiger charge is 2.15. The van der Waals surface area contributed by atoms with E-state index in [0.717, 1.165) is 11.6 Å². The molecule has 8 heteroatoms. The Morgan fingerprint density at radius 1 is 1.13 bits per heavy atom. The van der Waals surface area contributed by atoms with E-state index in [9.17, 15) is 14.0 Å². The van der Waals surface area contributed by atoms with E-state index in [2.05, 4.69) is 15.6 Å². The summed E-state index contributed by atoms with van der Waals surface area (Å²) in [7, 11) is 1.44. The van der Waals surface area contributed by atoms with Gasteiger partial charge >= 0.3 is 0 Å². The number of nitrogens with one attached hydrogen (secondary N) is 2. The third-order valence-electron chi connectivity index (χ3n) is 4.27. The fourth-order valence-electron chi connectivity index (χ4n) is 2.77. The lowest BCUT2D eigenvalue weighted by Crippen LogP contribution is -2.16. The number of ether oxygens (including phenoxy) is 1. The monoisotopic (exact) mass is 427 g/mol. The summed E-state index contributed by atoms with van der Waals surface area (Å²) in [5, 5.41) is 5.57. The molecule has 0 aliphatic carbocycles. The molecule has 2 aromatic carbocycles. The van der Waals surface area contributed by atoms with Gasteiger partial charge in [-0.2, -0.15) is 0 Å². The molecule has 154 valence electrons. The van der Waals surface area contributed by atoms with E-state index < -0.39 is 11.7 Å². The lowest BCUT2D eigenvalue weighted by Gasteiger charge is -2.13. The number of anilines is 2. The lowest BCUT2D eigenvalue weighted by atomic mass is 10.1. The van der Waals surface area contributed by atoms with Crippen molar-refractivity contribution in [1.29, 1.82) is 0 Å². The van der Waals surface area contributed by atoms with Gasteiger partial charge in [0.1, 0.15) is 11.6 Å². The fraction of sp³-hybridized carbons (Fsp3) is 0.136. The minimum Gasteiger partial charge on any atom is -0.495 e. The average molecular weight is 428 g/mol. The number of hydrogen-bond acceptors (Lipinski definition) is 4. The molecule has 0 aliphatic heterocycles. The second-order valence-corrected chi connectivity index (χ2v) is 6.84. The van der Waals surface area contributed by atoms with Gasteiger partial charge in [0.15, 0.2) is 0 Å². The minimum absolute atomic E-state index is 0.160. The Morgan fingerprint density at radius 3 is 2.67 bits per heavy atom. The second kappa shape index (κ2) is 9.84. The maximum Gasteiger partial charge on any atom is 0.258 e. The van der Waals surface area contributed by atoms with E-state index in [-0.39, 0.29) is 22.9 Å². The van der Waals surface area contributed by atoms with E-state index >= 15 is 0 Å². The maximum absolute atomic E-state index is 14.0. The first-order valence-electron chi connectivity index (χ1n) is 9.09. The summed E-state index contributed by atoms with van der Waals surface area (Å²) in [4.78, 5) is 28.7. The molecule has 3 rings (SSSR count). The van der Waals surface area contributed by atoms with Crippen LogP contribution in [-0.4, -0.2) is 23.9 Å². The molecule has 0 atom stereocenters. The van der Waals surface area contributed by atoms with Gasteiger partial charge in [-0.3, -0.25) is 14.6 Å². The van der Waals surface area contributed by atoms with E-state index in [0.29, 0.717) is 23.5 Å². The van der Waals surface area contributed by atoms with Crippen LogP contribution in [0.3, 0.4) is 0 Å². The Balaban J connectivity index is 1.70. The fourth-order valence-corrected chi connectivity index (χ4v) is 2.93. The van der Waals surface area contributed by atoms with Gasteiger partial charge < -0.3 is 15.4 Å². The number of carbonyl (C=O) groups excluding carboxylic acids is 2. The third kappa shape index (κ3) is 5.55. The van der Waals surface area contributed by atoms with Crippen molar-refractivity contribution in [3.05, 3.63) is 82.9 Å². The van der Waals surface area contributed by atoms with Crippen molar-refractivity contribution in [2.24, 2.45) is 0 Å². The molecular formula is C22H19ClFN3O3. The molecule has 6 nitrogen and oxygen atoms in total. The summed E-state index contributed by atoms with van der Waals surface area (Å²) < 4.78 is 19.3. The van der Waals surface area contributed by atoms with Gasteiger partial charge in [0, 0.05) is 29.5 Å². The highest BCUT2D eigenvalue weighted by Crippen LogP contribution is 2.29. The Bertz CT molecular complexity index is 1060. The van der Waals surface area contributed by atoms with Gasteiger partial charge in [-0.15, -0.1) is 0 Å². The van der Waals surface area contributed by atoms with Crippen LogP contribution in [-0.2, 0) is 11.2 Å². The standard InChI is InChI=1S/C22H19ClFN3O3/c1-30-20-8-6-16(26-21(28)9-4-14-3-2-10-25-13-14)12-19(20)27-22(29)17-7-5-15(23)11-18(17)24/h2-3,5-8,10-13H,4,9H2,1H3,(H,26,28)(H,27,29). The Hall–Kier alpha value is -3.45. The quantitative estimate of drug-likeness (QED) is 0.572. The second-order valence-electron chi connectivity index (χ2n) is 6.40. The normalized spacial score (nSPS) is 10.4. The first-order valence-corrected chi connectivity index (χ1v) is 9.47. The molecule has 0 radical (unpaired) electrons. The van der Waals surface area contributed by atoms with Crippen LogP contribution in [0.25, 0.3) is 0 Å². The Labute approximate surface area is 178 Å². The van der Waals surface area contributed by atoms with Crippen LogP contribution in [0, 0.1) is 5.82 Å². The van der Waals surface area contributed by atoms with Gasteiger partial charge in [0.2, 0.25) is 5.91 Å². The summed E-state index contributed by atoms with van der Waals surface area (Å²) in [6.07, 6.45) is 4.21. The van der Waals surface area contributed by atoms with Gasteiger partial charge in [-0.1, -0.05) is 17.7 Å². The number of benzene rings is 2. The number of aryl methyl sites for hydroxylation is 1. The summed E-state index contributed by atoms with van der Waals surface area (Å²) >= 11 is 5.73. The largest absolute Gasteiger partial charge is 0.495 e. The molecule has 0 spiro atoms. The SMILES string of the molecule is COc1ccc(NC(=O)CCc2cccnc2)cc1NC(=O)c1ccc(Cl)cc1F. The van der Waals surface area contributed by atoms with Gasteiger partial charge in [-0.25, -0.2) is 4.39 Å². The van der Waals surface area contributed by atoms with Crippen molar-refractivity contribution in [3.63, 3.8) is 0 Å². The molecule has 1 aromatic heterocycles. The third-order valence-corrected chi connectivity index (χ3v) is 4.51. The summed E-state index contributed by atoms with van der Waals surface area (Å²) in [5.74, 6) is -1.22. The predicted molar refractivity (Wildman–Crippen MR) is 114 cm³/mol. The number of aromatic nitrogens is 1. The number of nitrogens with zero attached hydrogens (tertiary/aromatic N) is 1. The molecule has 0 fully saturated rings. The van der Waals surface area contributed by atoms with E-state index in [1.165, 1.54) is 19.2 Å². The molecular weight excluding hydrogens is 409 g/mol. The number of methoxy groups -OCH3 is 1. The zero-order valence-corrected chi connectivity index (χ0v) is 16.9. The van der Waals surface area contributed by atoms with Crippen molar-refractivity contribution in [2.45, 2.75) is 12.8 Å². The number of hydrogen-bond donors (Lipinski definition) is 2. The van der Waals surface area contributed by atoms with E-state index in [4.69, 9.17) is 16.3 Å². The van der Waals surface area contributed by atoms with Gasteiger partial charge in [0.25, 0.3) is 5.91 Å². The average Bonchev–Trinajstić information content (AvgIpc) is 2.73. The lowest BCUT2D eigenvalue weighted by molar-refractivity contribution is -0.116. The molecule has 0 unspecified atom stereocenters. The molecule has 30 heavy (non-hydrogen) atoms. The van der Waals surface area contributed by atoms with Crippen molar-refractivity contribution in [1.82, 2.24) is 4.98 Å². The van der Waals surface area contributed by atoms with Crippen molar-refractivity contribution < 1.29 is 18.7 Å². The molecule has 0 bridgehead atoms. The first kappa shape index (κ1) is 21.3. The van der Waals surface area contributed by atoms with Crippen LogP contribution >= 0.6 is 11.6 Å². The molecule has 0 saturated heterocycles. The van der Waals surface area contributed by atoms with Gasteiger partial charge in [0.05, 0.1) is 18.4 Å². The number of rotatable bonds is 7. The van der Waals surface area contributed by atoms with Crippen molar-refractivity contribution in [3.8, 4) is 5.75 Å². The van der Waals surface area contributed by atoms with Crippen molar-refractivity contribution in [2.75, 3.05) is 17.7 Å². The van der Waals surface area contributed by atoms with Crippen LogP contribution in [0.15, 0.2) is 60.9 Å². The van der Waals surface area contributed by atoms with Crippen LogP contribution in [0.2, 0.25) is 5.02 Å². The Morgan fingerprint density at radius 2 is 1.97 bits per heavy atom. The summed E-state index contributed by atoms with van der Waals surface area (Å²) in [5.41, 5.74) is 1.56. The van der Waals surface area contributed by atoms with Crippen LogP contribution < -0.4 is 15.4 Å². The zero-order valence-electron chi connectivity index (χ0n) is 16.1. The Kier molecular flexibility index (Phi) is 6.98. The van der Waals surface area contributed by atoms with Crippen LogP contribution in [0.4, 0.5) is 15.8 Å². The number of carbonyl (C=O) groups is 2. The van der Waals surface area contributed by atoms with E-state index in [1.807, 2.05) is 12.1 Å². The van der Waals surface area contributed by atoms with Crippen LogP contribution in [0.5, 0.6) is 5.75 Å². The molecule has 1 heterocycles. The number of amides is 2. The summed E-state index contributed by atoms with van der Waals surface area (Å²) in [6, 6.07) is 12.3. The highest BCUT2D eigenvalue weighted by molar-refractivity contribution is 6.30. The topological polar surface area (TPSA) is 80.3 Å². The van der Waals surface area contributed by atoms with Crippen LogP contribution in [0.1, 0.15) is 22.3 Å². The highest BCUT2D eigenvalue weighted by atomic mass is 35.5. The minimum atomic E-state index is -0.737. The smallest absolute Gasteiger partial charge is 0.258 e. The zero-order chi connectivity index (χ0) is 21.5. The first-order chi connectivity index (χ1) is 14.5. The molecule has 0 saturated carbocycles. The molecule has 2 amide bonds. The summed E-state index contributed by atoms with van der Waals surface area (Å²) in [6.45, 7) is 0. The molecule has 0 aliphatic rings.